The highest BCUT2D eigenvalue weighted by molar-refractivity contribution is 6.31. The zero-order valence-corrected chi connectivity index (χ0v) is 20.4. The van der Waals surface area contributed by atoms with Crippen LogP contribution in [-0.2, 0) is 16.2 Å². The van der Waals surface area contributed by atoms with E-state index < -0.39 is 17.2 Å². The summed E-state index contributed by atoms with van der Waals surface area (Å²) in [5, 5.41) is 2.46. The summed E-state index contributed by atoms with van der Waals surface area (Å²) in [4.78, 5) is 45.1. The lowest BCUT2D eigenvalue weighted by molar-refractivity contribution is -0.117. The van der Waals surface area contributed by atoms with Gasteiger partial charge in [0.05, 0.1) is 23.6 Å². The van der Waals surface area contributed by atoms with Gasteiger partial charge in [-0.1, -0.05) is 11.6 Å². The molecule has 1 aromatic heterocycles. The number of halogens is 3. The second-order valence-corrected chi connectivity index (χ2v) is 8.43. The lowest BCUT2D eigenvalue weighted by Gasteiger charge is -2.18. The maximum atomic E-state index is 13.9. The number of hydrogen-bond donors (Lipinski definition) is 1. The van der Waals surface area contributed by atoms with Gasteiger partial charge >= 0.3 is 0 Å². The normalized spacial score (nSPS) is 12.6. The van der Waals surface area contributed by atoms with Gasteiger partial charge in [-0.15, -0.1) is 0 Å². The molecule has 1 aliphatic rings. The molecule has 188 valence electrons. The van der Waals surface area contributed by atoms with E-state index >= 15 is 0 Å². The molecular formula is C24H22ClF2N5O4. The standard InChI is InChI=1S/C24H22ClF2N5O4/c1-13-29-23(36-11-15-4-5-16(26)8-18(15)27)22(25)24(35)32(13)17-6-7-19-20(9-17)31(21(34)10-28-3)12-30(19)14(2)33/h4-9,28H,10-12H2,1-3H3. The Morgan fingerprint density at radius 1 is 1.14 bits per heavy atom. The minimum Gasteiger partial charge on any atom is -0.471 e. The first kappa shape index (κ1) is 25.3. The van der Waals surface area contributed by atoms with E-state index in [2.05, 4.69) is 10.3 Å². The van der Waals surface area contributed by atoms with Crippen molar-refractivity contribution in [3.05, 3.63) is 74.8 Å². The van der Waals surface area contributed by atoms with Crippen LogP contribution >= 0.6 is 11.6 Å². The molecule has 1 N–H and O–H groups in total. The number of benzene rings is 2. The van der Waals surface area contributed by atoms with Crippen molar-refractivity contribution in [3.63, 3.8) is 0 Å². The van der Waals surface area contributed by atoms with Crippen LogP contribution < -0.4 is 25.4 Å². The minimum absolute atomic E-state index is 0.0498. The third-order valence-corrected chi connectivity index (χ3v) is 5.96. The number of aryl methyl sites for hydroxylation is 1. The number of anilines is 2. The topological polar surface area (TPSA) is 96.8 Å². The average Bonchev–Trinajstić information content (AvgIpc) is 3.21. The molecule has 0 atom stereocenters. The number of nitrogens with zero attached hydrogens (tertiary/aromatic N) is 4. The Kier molecular flexibility index (Phi) is 7.04. The zero-order valence-electron chi connectivity index (χ0n) is 19.6. The van der Waals surface area contributed by atoms with Crippen molar-refractivity contribution in [1.82, 2.24) is 14.9 Å². The van der Waals surface area contributed by atoms with Crippen molar-refractivity contribution in [1.29, 1.82) is 0 Å². The fraction of sp³-hybridized carbons (Fsp3) is 0.250. The lowest BCUT2D eigenvalue weighted by atomic mass is 10.2. The number of carbonyl (C=O) groups is 2. The molecule has 3 aromatic rings. The molecule has 0 saturated carbocycles. The molecule has 0 spiro atoms. The lowest BCUT2D eigenvalue weighted by Crippen LogP contribution is -2.41. The van der Waals surface area contributed by atoms with Gasteiger partial charge < -0.3 is 10.1 Å². The smallest absolute Gasteiger partial charge is 0.280 e. The molecule has 36 heavy (non-hydrogen) atoms. The first-order valence-electron chi connectivity index (χ1n) is 10.9. The van der Waals surface area contributed by atoms with Crippen molar-refractivity contribution >= 4 is 34.8 Å². The van der Waals surface area contributed by atoms with Gasteiger partial charge in [-0.2, -0.15) is 4.98 Å². The summed E-state index contributed by atoms with van der Waals surface area (Å²) >= 11 is 6.25. The van der Waals surface area contributed by atoms with Crippen molar-refractivity contribution < 1.29 is 23.1 Å². The largest absolute Gasteiger partial charge is 0.471 e. The van der Waals surface area contributed by atoms with E-state index in [1.165, 1.54) is 27.4 Å². The quantitative estimate of drug-likeness (QED) is 0.540. The van der Waals surface area contributed by atoms with Crippen LogP contribution in [0, 0.1) is 18.6 Å². The molecule has 0 aliphatic carbocycles. The summed E-state index contributed by atoms with van der Waals surface area (Å²) in [7, 11) is 1.64. The van der Waals surface area contributed by atoms with Gasteiger partial charge in [-0.3, -0.25) is 28.8 Å². The summed E-state index contributed by atoms with van der Waals surface area (Å²) in [6.45, 7) is 2.75. The number of hydrogen-bond acceptors (Lipinski definition) is 6. The fourth-order valence-corrected chi connectivity index (χ4v) is 4.07. The van der Waals surface area contributed by atoms with Crippen LogP contribution in [-0.4, -0.2) is 41.6 Å². The van der Waals surface area contributed by atoms with Crippen LogP contribution in [0.25, 0.3) is 5.69 Å². The molecule has 4 rings (SSSR count). The molecule has 2 heterocycles. The average molecular weight is 518 g/mol. The molecule has 9 nitrogen and oxygen atoms in total. The Balaban J connectivity index is 1.70. The van der Waals surface area contributed by atoms with Crippen molar-refractivity contribution in [3.8, 4) is 11.6 Å². The number of ether oxygens (including phenoxy) is 1. The summed E-state index contributed by atoms with van der Waals surface area (Å²) in [6, 6.07) is 7.89. The highest BCUT2D eigenvalue weighted by Gasteiger charge is 2.32. The number of likely N-dealkylation sites (N-methyl/N-ethyl adjacent to an activating group) is 1. The van der Waals surface area contributed by atoms with E-state index in [4.69, 9.17) is 16.3 Å². The Bertz CT molecular complexity index is 1430. The second kappa shape index (κ2) is 10.0. The van der Waals surface area contributed by atoms with Gasteiger partial charge in [0.15, 0.2) is 5.02 Å². The summed E-state index contributed by atoms with van der Waals surface area (Å²) in [5.74, 6) is -2.00. The van der Waals surface area contributed by atoms with Gasteiger partial charge in [0, 0.05) is 18.6 Å². The van der Waals surface area contributed by atoms with Crippen molar-refractivity contribution in [2.75, 3.05) is 30.1 Å². The number of carbonyl (C=O) groups excluding carboxylic acids is 2. The van der Waals surface area contributed by atoms with Crippen LogP contribution in [0.4, 0.5) is 20.2 Å². The SMILES string of the molecule is CNCC(=O)N1CN(C(C)=O)c2ccc(-n3c(C)nc(OCc4ccc(F)cc4F)c(Cl)c3=O)cc21. The third-order valence-electron chi connectivity index (χ3n) is 5.64. The number of rotatable bonds is 6. The highest BCUT2D eigenvalue weighted by Crippen LogP contribution is 2.38. The highest BCUT2D eigenvalue weighted by atomic mass is 35.5. The first-order valence-corrected chi connectivity index (χ1v) is 11.2. The molecule has 0 fully saturated rings. The minimum atomic E-state index is -0.800. The van der Waals surface area contributed by atoms with E-state index in [0.717, 1.165) is 12.1 Å². The van der Waals surface area contributed by atoms with Gasteiger partial charge in [-0.05, 0) is 44.3 Å². The molecule has 0 unspecified atom stereocenters. The molecule has 0 bridgehead atoms. The predicted molar refractivity (Wildman–Crippen MR) is 130 cm³/mol. The molecule has 0 saturated heterocycles. The summed E-state index contributed by atoms with van der Waals surface area (Å²) in [6.07, 6.45) is 0. The number of nitrogens with one attached hydrogen (secondary N) is 1. The third kappa shape index (κ3) is 4.67. The Morgan fingerprint density at radius 3 is 2.56 bits per heavy atom. The van der Waals surface area contributed by atoms with Gasteiger partial charge in [0.1, 0.15) is 30.7 Å². The van der Waals surface area contributed by atoms with E-state index in [0.29, 0.717) is 17.1 Å². The number of fused-ring (bicyclic) bond motifs is 1. The van der Waals surface area contributed by atoms with E-state index in [1.54, 1.807) is 32.2 Å². The molecule has 2 amide bonds. The molecular weight excluding hydrogens is 496 g/mol. The first-order chi connectivity index (χ1) is 17.1. The molecule has 12 heteroatoms. The Hall–Kier alpha value is -3.83. The number of aromatic nitrogens is 2. The van der Waals surface area contributed by atoms with Crippen LogP contribution in [0.15, 0.2) is 41.2 Å². The maximum absolute atomic E-state index is 13.9. The molecule has 1 aliphatic heterocycles. The summed E-state index contributed by atoms with van der Waals surface area (Å²) < 4.78 is 33.8. The zero-order chi connectivity index (χ0) is 26.1. The summed E-state index contributed by atoms with van der Waals surface area (Å²) in [5.41, 5.74) is 0.776. The van der Waals surface area contributed by atoms with Crippen LogP contribution in [0.5, 0.6) is 5.88 Å². The van der Waals surface area contributed by atoms with E-state index in [1.807, 2.05) is 0 Å². The van der Waals surface area contributed by atoms with E-state index in [9.17, 15) is 23.2 Å². The fourth-order valence-electron chi connectivity index (χ4n) is 3.89. The van der Waals surface area contributed by atoms with Gasteiger partial charge in [0.2, 0.25) is 17.7 Å². The maximum Gasteiger partial charge on any atom is 0.280 e. The van der Waals surface area contributed by atoms with Crippen molar-refractivity contribution in [2.24, 2.45) is 0 Å². The van der Waals surface area contributed by atoms with Gasteiger partial charge in [0.25, 0.3) is 5.56 Å². The van der Waals surface area contributed by atoms with Gasteiger partial charge in [-0.25, -0.2) is 8.78 Å². The Labute approximate surface area is 209 Å². The number of amides is 2. The van der Waals surface area contributed by atoms with E-state index in [-0.39, 0.29) is 53.9 Å². The van der Waals surface area contributed by atoms with Crippen LogP contribution in [0.2, 0.25) is 5.02 Å². The monoisotopic (exact) mass is 517 g/mol. The Morgan fingerprint density at radius 2 is 1.89 bits per heavy atom. The second-order valence-electron chi connectivity index (χ2n) is 8.06. The molecule has 0 radical (unpaired) electrons. The molecule has 2 aromatic carbocycles. The van der Waals surface area contributed by atoms with Crippen LogP contribution in [0.3, 0.4) is 0 Å². The predicted octanol–water partition coefficient (Wildman–Crippen LogP) is 2.93. The van der Waals surface area contributed by atoms with Crippen molar-refractivity contribution in [2.45, 2.75) is 20.5 Å². The van der Waals surface area contributed by atoms with Crippen LogP contribution in [0.1, 0.15) is 18.3 Å².